The van der Waals surface area contributed by atoms with Crippen LogP contribution in [0.4, 0.5) is 0 Å². The van der Waals surface area contributed by atoms with Gasteiger partial charge >= 0.3 is 0 Å². The van der Waals surface area contributed by atoms with Crippen LogP contribution in [0, 0.1) is 0 Å². The van der Waals surface area contributed by atoms with E-state index in [1.165, 1.54) is 12.1 Å². The molecule has 1 aromatic heterocycles. The molecule has 5 nitrogen and oxygen atoms in total. The summed E-state index contributed by atoms with van der Waals surface area (Å²) in [6, 6.07) is 13.1. The van der Waals surface area contributed by atoms with Gasteiger partial charge < -0.3 is 10.3 Å². The van der Waals surface area contributed by atoms with E-state index in [4.69, 9.17) is 11.6 Å². The minimum absolute atomic E-state index is 0.0296. The summed E-state index contributed by atoms with van der Waals surface area (Å²) in [4.78, 5) is 15.8. The normalized spacial score (nSPS) is 15.0. The summed E-state index contributed by atoms with van der Waals surface area (Å²) in [5, 5.41) is 3.73. The van der Waals surface area contributed by atoms with E-state index in [1.807, 2.05) is 0 Å². The summed E-state index contributed by atoms with van der Waals surface area (Å²) in [7, 11) is -3.89. The maximum absolute atomic E-state index is 13.3. The second-order valence-electron chi connectivity index (χ2n) is 6.44. The summed E-state index contributed by atoms with van der Waals surface area (Å²) in [6.07, 6.45) is 2.90. The van der Waals surface area contributed by atoms with E-state index in [2.05, 4.69) is 10.3 Å². The van der Waals surface area contributed by atoms with E-state index >= 15 is 0 Å². The lowest BCUT2D eigenvalue weighted by atomic mass is 9.93. The number of fused-ring (bicyclic) bond motifs is 1. The molecule has 2 aromatic carbocycles. The van der Waals surface area contributed by atoms with Gasteiger partial charge in [0.25, 0.3) is 5.91 Å². The Balaban J connectivity index is 1.92. The second kappa shape index (κ2) is 6.45. The van der Waals surface area contributed by atoms with Gasteiger partial charge in [-0.2, -0.15) is 0 Å². The summed E-state index contributed by atoms with van der Waals surface area (Å²) in [5.41, 5.74) is 0.612. The first-order valence-corrected chi connectivity index (χ1v) is 10.2. The molecule has 0 bridgehead atoms. The zero-order valence-corrected chi connectivity index (χ0v) is 15.4. The fourth-order valence-electron chi connectivity index (χ4n) is 3.11. The summed E-state index contributed by atoms with van der Waals surface area (Å²) >= 11 is 6.08. The van der Waals surface area contributed by atoms with E-state index in [9.17, 15) is 13.2 Å². The van der Waals surface area contributed by atoms with Gasteiger partial charge in [0.1, 0.15) is 10.6 Å². The number of hydrogen-bond acceptors (Lipinski definition) is 3. The minimum Gasteiger partial charge on any atom is -0.349 e. The number of benzene rings is 2. The lowest BCUT2D eigenvalue weighted by molar-refractivity contribution is 0.0909. The number of sulfone groups is 1. The van der Waals surface area contributed by atoms with Crippen LogP contribution in [0.1, 0.15) is 29.8 Å². The maximum Gasteiger partial charge on any atom is 0.269 e. The van der Waals surface area contributed by atoms with E-state index in [0.29, 0.717) is 15.9 Å². The first-order chi connectivity index (χ1) is 12.5. The molecule has 1 saturated carbocycles. The van der Waals surface area contributed by atoms with E-state index in [1.54, 1.807) is 36.4 Å². The van der Waals surface area contributed by atoms with Gasteiger partial charge in [0.2, 0.25) is 9.84 Å². The van der Waals surface area contributed by atoms with Crippen molar-refractivity contribution in [2.24, 2.45) is 0 Å². The smallest absolute Gasteiger partial charge is 0.269 e. The Labute approximate surface area is 156 Å². The molecular formula is C19H17ClN2O3S. The van der Waals surface area contributed by atoms with Crippen LogP contribution in [0.25, 0.3) is 10.9 Å². The lowest BCUT2D eigenvalue weighted by Crippen LogP contribution is -2.40. The molecule has 0 saturated heterocycles. The van der Waals surface area contributed by atoms with Crippen molar-refractivity contribution in [1.82, 2.24) is 10.3 Å². The van der Waals surface area contributed by atoms with Gasteiger partial charge in [0.15, 0.2) is 0 Å². The number of rotatable bonds is 4. The molecule has 0 unspecified atom stereocenters. The average molecular weight is 389 g/mol. The molecule has 134 valence electrons. The van der Waals surface area contributed by atoms with Crippen LogP contribution in [0.5, 0.6) is 0 Å². The molecule has 3 aromatic rings. The Kier molecular flexibility index (Phi) is 4.25. The third-order valence-electron chi connectivity index (χ3n) is 4.70. The number of nitrogens with one attached hydrogen (secondary N) is 2. The third-order valence-corrected chi connectivity index (χ3v) is 6.79. The van der Waals surface area contributed by atoms with Crippen molar-refractivity contribution in [3.8, 4) is 0 Å². The molecule has 1 amide bonds. The minimum atomic E-state index is -3.89. The molecule has 1 heterocycles. The molecule has 2 N–H and O–H groups in total. The van der Waals surface area contributed by atoms with Crippen LogP contribution in [-0.2, 0) is 9.84 Å². The molecule has 0 radical (unpaired) electrons. The van der Waals surface area contributed by atoms with Crippen molar-refractivity contribution >= 4 is 38.2 Å². The number of carbonyl (C=O) groups is 1. The van der Waals surface area contributed by atoms with Crippen LogP contribution in [-0.4, -0.2) is 25.4 Å². The Morgan fingerprint density at radius 2 is 1.85 bits per heavy atom. The van der Waals surface area contributed by atoms with Crippen LogP contribution >= 0.6 is 11.6 Å². The Morgan fingerprint density at radius 3 is 2.50 bits per heavy atom. The van der Waals surface area contributed by atoms with E-state index < -0.39 is 15.7 Å². The second-order valence-corrected chi connectivity index (χ2v) is 8.76. The monoisotopic (exact) mass is 388 g/mol. The zero-order chi connectivity index (χ0) is 18.3. The SMILES string of the molecule is O=C(NC1CCC1)c1[nH]c2ccc(Cl)cc2c1S(=O)(=O)c1ccccc1. The van der Waals surface area contributed by atoms with Gasteiger partial charge in [0.05, 0.1) is 4.90 Å². The highest BCUT2D eigenvalue weighted by molar-refractivity contribution is 7.91. The molecule has 1 aliphatic carbocycles. The highest BCUT2D eigenvalue weighted by Crippen LogP contribution is 2.33. The van der Waals surface area contributed by atoms with Crippen molar-refractivity contribution in [2.45, 2.75) is 35.1 Å². The van der Waals surface area contributed by atoms with Gasteiger partial charge in [-0.15, -0.1) is 0 Å². The highest BCUT2D eigenvalue weighted by Gasteiger charge is 2.31. The maximum atomic E-state index is 13.3. The van der Waals surface area contributed by atoms with Crippen molar-refractivity contribution in [3.63, 3.8) is 0 Å². The van der Waals surface area contributed by atoms with Gasteiger partial charge in [-0.25, -0.2) is 8.42 Å². The predicted octanol–water partition coefficient (Wildman–Crippen LogP) is 3.94. The standard InChI is InChI=1S/C19H17ClN2O3S/c20-12-9-10-16-15(11-12)18(26(24,25)14-7-2-1-3-8-14)17(22-16)19(23)21-13-5-4-6-13/h1-3,7-11,13,22H,4-6H2,(H,21,23). The number of carbonyl (C=O) groups excluding carboxylic acids is 1. The summed E-state index contributed by atoms with van der Waals surface area (Å²) < 4.78 is 26.5. The van der Waals surface area contributed by atoms with E-state index in [0.717, 1.165) is 19.3 Å². The molecular weight excluding hydrogens is 372 g/mol. The zero-order valence-electron chi connectivity index (χ0n) is 13.8. The highest BCUT2D eigenvalue weighted by atomic mass is 35.5. The average Bonchev–Trinajstić information content (AvgIpc) is 2.98. The number of halogens is 1. The number of hydrogen-bond donors (Lipinski definition) is 2. The molecule has 26 heavy (non-hydrogen) atoms. The molecule has 7 heteroatoms. The predicted molar refractivity (Wildman–Crippen MR) is 100 cm³/mol. The quantitative estimate of drug-likeness (QED) is 0.710. The van der Waals surface area contributed by atoms with Gasteiger partial charge in [-0.05, 0) is 49.6 Å². The molecule has 4 rings (SSSR count). The molecule has 0 aliphatic heterocycles. The fraction of sp³-hybridized carbons (Fsp3) is 0.211. The van der Waals surface area contributed by atoms with Gasteiger partial charge in [-0.3, -0.25) is 4.79 Å². The summed E-state index contributed by atoms with van der Waals surface area (Å²) in [6.45, 7) is 0. The van der Waals surface area contributed by atoms with Crippen molar-refractivity contribution in [2.75, 3.05) is 0 Å². The number of aromatic amines is 1. The molecule has 0 atom stereocenters. The van der Waals surface area contributed by atoms with Crippen LogP contribution in [0.2, 0.25) is 5.02 Å². The first-order valence-electron chi connectivity index (χ1n) is 8.39. The summed E-state index contributed by atoms with van der Waals surface area (Å²) in [5.74, 6) is -0.406. The topological polar surface area (TPSA) is 79.0 Å². The van der Waals surface area contributed by atoms with Gasteiger partial charge in [0, 0.05) is 22.0 Å². The Hall–Kier alpha value is -2.31. The number of aromatic nitrogens is 1. The Bertz CT molecular complexity index is 1090. The molecule has 0 spiro atoms. The van der Waals surface area contributed by atoms with E-state index in [-0.39, 0.29) is 21.5 Å². The largest absolute Gasteiger partial charge is 0.349 e. The van der Waals surface area contributed by atoms with Crippen molar-refractivity contribution in [3.05, 3.63) is 59.2 Å². The van der Waals surface area contributed by atoms with Crippen molar-refractivity contribution < 1.29 is 13.2 Å². The Morgan fingerprint density at radius 1 is 1.12 bits per heavy atom. The molecule has 1 aliphatic rings. The van der Waals surface area contributed by atoms with Crippen LogP contribution in [0.15, 0.2) is 58.3 Å². The third kappa shape index (κ3) is 2.89. The van der Waals surface area contributed by atoms with Crippen molar-refractivity contribution in [1.29, 1.82) is 0 Å². The molecule has 1 fully saturated rings. The number of H-pyrrole nitrogens is 1. The lowest BCUT2D eigenvalue weighted by Gasteiger charge is -2.26. The van der Waals surface area contributed by atoms with Crippen LogP contribution < -0.4 is 5.32 Å². The van der Waals surface area contributed by atoms with Crippen LogP contribution in [0.3, 0.4) is 0 Å². The fourth-order valence-corrected chi connectivity index (χ4v) is 4.90. The number of amides is 1. The first kappa shape index (κ1) is 17.1. The van der Waals surface area contributed by atoms with Gasteiger partial charge in [-0.1, -0.05) is 29.8 Å².